The number of fused-ring (bicyclic) bond motifs is 5. The zero-order valence-electron chi connectivity index (χ0n) is 28.3. The molecule has 1 amide bonds. The SMILES string of the molecule is CC.CC12CCCCC1CCC1C2CCC2(C)C(CCCC(=O)NSc3cccc(C(=O)O)c3)CCC12.O=C(O)c1ccccc1. The van der Waals surface area contributed by atoms with Gasteiger partial charge in [0.2, 0.25) is 5.91 Å². The molecule has 252 valence electrons. The molecule has 6 nitrogen and oxygen atoms in total. The highest BCUT2D eigenvalue weighted by Gasteiger charge is 2.59. The molecule has 7 atom stereocenters. The Hall–Kier alpha value is -2.80. The molecule has 2 aromatic rings. The van der Waals surface area contributed by atoms with Crippen molar-refractivity contribution >= 4 is 29.8 Å². The molecule has 4 fully saturated rings. The largest absolute Gasteiger partial charge is 0.478 e. The topological polar surface area (TPSA) is 104 Å². The predicted octanol–water partition coefficient (Wildman–Crippen LogP) is 10.1. The minimum atomic E-state index is -0.947. The average Bonchev–Trinajstić information content (AvgIpc) is 3.41. The summed E-state index contributed by atoms with van der Waals surface area (Å²) in [6.07, 6.45) is 17.1. The number of nitrogens with one attached hydrogen (secondary N) is 1. The van der Waals surface area contributed by atoms with E-state index in [4.69, 9.17) is 10.2 Å². The Balaban J connectivity index is 0.000000374. The highest BCUT2D eigenvalue weighted by molar-refractivity contribution is 7.98. The quantitative estimate of drug-likeness (QED) is 0.246. The number of aromatic carboxylic acids is 2. The Morgan fingerprint density at radius 2 is 1.48 bits per heavy atom. The summed E-state index contributed by atoms with van der Waals surface area (Å²) in [6.45, 7) is 9.27. The highest BCUT2D eigenvalue weighted by Crippen LogP contribution is 2.67. The normalized spacial score (nSPS) is 30.9. The molecule has 0 aromatic heterocycles. The summed E-state index contributed by atoms with van der Waals surface area (Å²) in [4.78, 5) is 34.6. The van der Waals surface area contributed by atoms with Crippen molar-refractivity contribution in [1.29, 1.82) is 0 Å². The van der Waals surface area contributed by atoms with Gasteiger partial charge < -0.3 is 10.2 Å². The molecule has 4 aliphatic carbocycles. The first-order chi connectivity index (χ1) is 22.1. The summed E-state index contributed by atoms with van der Waals surface area (Å²) in [5.41, 5.74) is 1.66. The zero-order valence-corrected chi connectivity index (χ0v) is 29.1. The molecule has 7 heteroatoms. The van der Waals surface area contributed by atoms with Gasteiger partial charge in [-0.05, 0) is 147 Å². The fraction of sp³-hybridized carbons (Fsp3) is 0.615. The number of hydrogen-bond acceptors (Lipinski definition) is 4. The lowest BCUT2D eigenvalue weighted by Crippen LogP contribution is -2.52. The Bertz CT molecular complexity index is 1320. The van der Waals surface area contributed by atoms with E-state index in [-0.39, 0.29) is 11.5 Å². The van der Waals surface area contributed by atoms with E-state index in [0.29, 0.717) is 22.8 Å². The molecule has 2 aromatic carbocycles. The summed E-state index contributed by atoms with van der Waals surface area (Å²) in [6, 6.07) is 15.0. The Kier molecular flexibility index (Phi) is 12.8. The number of benzene rings is 2. The van der Waals surface area contributed by atoms with Crippen LogP contribution in [0.3, 0.4) is 0 Å². The van der Waals surface area contributed by atoms with Gasteiger partial charge >= 0.3 is 11.9 Å². The molecular weight excluding hydrogens is 594 g/mol. The number of rotatable bonds is 8. The predicted molar refractivity (Wildman–Crippen MR) is 186 cm³/mol. The van der Waals surface area contributed by atoms with E-state index in [0.717, 1.165) is 47.3 Å². The van der Waals surface area contributed by atoms with Gasteiger partial charge in [0.1, 0.15) is 0 Å². The molecular formula is C39H55NO5S. The van der Waals surface area contributed by atoms with E-state index < -0.39 is 11.9 Å². The Labute approximate surface area is 280 Å². The van der Waals surface area contributed by atoms with Crippen molar-refractivity contribution < 1.29 is 24.6 Å². The van der Waals surface area contributed by atoms with Crippen molar-refractivity contribution in [2.24, 2.45) is 40.4 Å². The molecule has 4 saturated carbocycles. The number of hydrogen-bond donors (Lipinski definition) is 3. The summed E-state index contributed by atoms with van der Waals surface area (Å²) >= 11 is 1.22. The van der Waals surface area contributed by atoms with Gasteiger partial charge in [-0.15, -0.1) is 0 Å². The molecule has 0 spiro atoms. The van der Waals surface area contributed by atoms with E-state index in [1.165, 1.54) is 76.2 Å². The van der Waals surface area contributed by atoms with Crippen molar-refractivity contribution in [1.82, 2.24) is 4.72 Å². The van der Waals surface area contributed by atoms with E-state index in [9.17, 15) is 14.4 Å². The van der Waals surface area contributed by atoms with Crippen LogP contribution in [-0.2, 0) is 4.79 Å². The summed E-state index contributed by atoms with van der Waals surface area (Å²) in [5.74, 6) is 2.77. The van der Waals surface area contributed by atoms with Crippen molar-refractivity contribution in [2.45, 2.75) is 116 Å². The number of carboxylic acids is 2. The van der Waals surface area contributed by atoms with Gasteiger partial charge in [-0.1, -0.05) is 64.8 Å². The molecule has 7 unspecified atom stereocenters. The van der Waals surface area contributed by atoms with Crippen LogP contribution in [0, 0.1) is 40.4 Å². The second-order valence-corrected chi connectivity index (χ2v) is 15.1. The number of amides is 1. The average molecular weight is 650 g/mol. The van der Waals surface area contributed by atoms with Crippen LogP contribution in [0.1, 0.15) is 132 Å². The van der Waals surface area contributed by atoms with E-state index in [1.807, 2.05) is 19.9 Å². The van der Waals surface area contributed by atoms with E-state index in [1.54, 1.807) is 48.5 Å². The van der Waals surface area contributed by atoms with Crippen LogP contribution in [0.2, 0.25) is 0 Å². The first kappa shape index (κ1) is 36.0. The second kappa shape index (κ2) is 16.3. The van der Waals surface area contributed by atoms with Gasteiger partial charge in [0.25, 0.3) is 0 Å². The number of carbonyl (C=O) groups is 3. The van der Waals surface area contributed by atoms with Crippen LogP contribution in [0.4, 0.5) is 0 Å². The Morgan fingerprint density at radius 1 is 0.783 bits per heavy atom. The van der Waals surface area contributed by atoms with Gasteiger partial charge in [-0.2, -0.15) is 0 Å². The lowest BCUT2D eigenvalue weighted by molar-refractivity contribution is -0.119. The third kappa shape index (κ3) is 8.18. The maximum absolute atomic E-state index is 12.5. The maximum Gasteiger partial charge on any atom is 0.335 e. The van der Waals surface area contributed by atoms with Crippen LogP contribution < -0.4 is 4.72 Å². The number of carbonyl (C=O) groups excluding carboxylic acids is 1. The van der Waals surface area contributed by atoms with Gasteiger partial charge in [0.15, 0.2) is 0 Å². The molecule has 0 bridgehead atoms. The molecule has 4 aliphatic rings. The zero-order chi connectivity index (χ0) is 33.3. The molecule has 0 aliphatic heterocycles. The molecule has 0 saturated heterocycles. The fourth-order valence-electron chi connectivity index (χ4n) is 9.83. The molecule has 3 N–H and O–H groups in total. The van der Waals surface area contributed by atoms with Crippen LogP contribution in [0.5, 0.6) is 0 Å². The molecule has 46 heavy (non-hydrogen) atoms. The molecule has 0 heterocycles. The van der Waals surface area contributed by atoms with E-state index in [2.05, 4.69) is 18.6 Å². The Morgan fingerprint density at radius 3 is 2.17 bits per heavy atom. The molecule has 6 rings (SSSR count). The summed E-state index contributed by atoms with van der Waals surface area (Å²) in [5, 5.41) is 17.5. The van der Waals surface area contributed by atoms with Crippen molar-refractivity contribution in [2.75, 3.05) is 0 Å². The fourth-order valence-corrected chi connectivity index (χ4v) is 10.5. The third-order valence-electron chi connectivity index (χ3n) is 12.1. The van der Waals surface area contributed by atoms with Crippen molar-refractivity contribution in [3.8, 4) is 0 Å². The standard InChI is InChI=1S/C30H43NO3S.C7H6O2.C2H6/c1-29-17-4-3-8-21(29)12-14-24-25-15-13-22(30(25,2)18-16-26(24)29)9-6-11-27(32)31-35-23-10-5-7-20(19-23)28(33)34;8-7(9)6-4-2-1-3-5-6;1-2/h5,7,10,19,21-22,24-26H,3-4,6,8-9,11-18H2,1-2H3,(H,31,32)(H,33,34);1-5H,(H,8,9);1-2H3. The van der Waals surface area contributed by atoms with Crippen LogP contribution in [0.15, 0.2) is 59.5 Å². The van der Waals surface area contributed by atoms with Gasteiger partial charge in [-0.3, -0.25) is 9.52 Å². The highest BCUT2D eigenvalue weighted by atomic mass is 32.2. The lowest BCUT2D eigenvalue weighted by atomic mass is 9.45. The second-order valence-electron chi connectivity index (χ2n) is 14.2. The summed E-state index contributed by atoms with van der Waals surface area (Å²) < 4.78 is 2.91. The van der Waals surface area contributed by atoms with Crippen LogP contribution >= 0.6 is 11.9 Å². The summed E-state index contributed by atoms with van der Waals surface area (Å²) in [7, 11) is 0. The van der Waals surface area contributed by atoms with Crippen LogP contribution in [-0.4, -0.2) is 28.1 Å². The first-order valence-electron chi connectivity index (χ1n) is 17.7. The van der Waals surface area contributed by atoms with Gasteiger partial charge in [-0.25, -0.2) is 9.59 Å². The monoisotopic (exact) mass is 649 g/mol. The van der Waals surface area contributed by atoms with Gasteiger partial charge in [0.05, 0.1) is 11.1 Å². The van der Waals surface area contributed by atoms with Crippen molar-refractivity contribution in [3.63, 3.8) is 0 Å². The number of carboxylic acid groups (broad SMARTS) is 2. The van der Waals surface area contributed by atoms with Gasteiger partial charge in [0, 0.05) is 11.3 Å². The van der Waals surface area contributed by atoms with E-state index >= 15 is 0 Å². The smallest absolute Gasteiger partial charge is 0.335 e. The van der Waals surface area contributed by atoms with Crippen LogP contribution in [0.25, 0.3) is 0 Å². The third-order valence-corrected chi connectivity index (χ3v) is 12.9. The minimum Gasteiger partial charge on any atom is -0.478 e. The molecule has 0 radical (unpaired) electrons. The van der Waals surface area contributed by atoms with Crippen molar-refractivity contribution in [3.05, 3.63) is 65.7 Å². The lowest BCUT2D eigenvalue weighted by Gasteiger charge is -2.60. The maximum atomic E-state index is 12.5. The first-order valence-corrected chi connectivity index (χ1v) is 18.5. The minimum absolute atomic E-state index is 0.0441.